The highest BCUT2D eigenvalue weighted by atomic mass is 32.2. The van der Waals surface area contributed by atoms with Crippen LogP contribution < -0.4 is 5.32 Å². The summed E-state index contributed by atoms with van der Waals surface area (Å²) in [6.07, 6.45) is 1.87. The minimum absolute atomic E-state index is 0.0455. The molecule has 32 heavy (non-hydrogen) atoms. The molecule has 1 atom stereocenters. The highest BCUT2D eigenvalue weighted by Crippen LogP contribution is 2.53. The van der Waals surface area contributed by atoms with Crippen molar-refractivity contribution in [3.8, 4) is 0 Å². The number of nitrogens with one attached hydrogen (secondary N) is 2. The summed E-state index contributed by atoms with van der Waals surface area (Å²) in [5, 5.41) is 2.75. The maximum Gasteiger partial charge on any atom is 0.483 e. The molecule has 3 amide bonds. The smallest absolute Gasteiger partial charge is 0.447 e. The first kappa shape index (κ1) is 21.4. The summed E-state index contributed by atoms with van der Waals surface area (Å²) < 4.78 is 62.8. The maximum atomic E-state index is 12.9. The van der Waals surface area contributed by atoms with Crippen LogP contribution in [0.1, 0.15) is 18.4 Å². The fourth-order valence-corrected chi connectivity index (χ4v) is 6.32. The number of ether oxygens (including phenoxy) is 1. The Morgan fingerprint density at radius 3 is 2.47 bits per heavy atom. The van der Waals surface area contributed by atoms with Crippen molar-refractivity contribution in [1.29, 1.82) is 4.78 Å². The van der Waals surface area contributed by atoms with Gasteiger partial charge in [-0.2, -0.15) is 13.2 Å². The van der Waals surface area contributed by atoms with Crippen LogP contribution in [0, 0.1) is 16.1 Å². The first-order valence-electron chi connectivity index (χ1n) is 10.3. The topological polar surface area (TPSA) is 103 Å². The van der Waals surface area contributed by atoms with Crippen LogP contribution >= 0.6 is 0 Å². The second-order valence-corrected chi connectivity index (χ2v) is 11.7. The van der Waals surface area contributed by atoms with Gasteiger partial charge in [-0.1, -0.05) is 12.1 Å². The summed E-state index contributed by atoms with van der Waals surface area (Å²) in [6, 6.07) is 5.39. The zero-order chi connectivity index (χ0) is 22.9. The number of rotatable bonds is 3. The van der Waals surface area contributed by atoms with E-state index in [1.807, 2.05) is 0 Å². The number of amides is 3. The van der Waals surface area contributed by atoms with Crippen molar-refractivity contribution >= 4 is 21.9 Å². The molecule has 1 aromatic carbocycles. The number of likely N-dealkylation sites (tertiary alicyclic amines) is 2. The van der Waals surface area contributed by atoms with E-state index in [-0.39, 0.29) is 24.0 Å². The Morgan fingerprint density at radius 1 is 1.22 bits per heavy atom. The quantitative estimate of drug-likeness (QED) is 0.706. The minimum atomic E-state index is -5.10. The van der Waals surface area contributed by atoms with Gasteiger partial charge in [-0.15, -0.1) is 0 Å². The molecule has 174 valence electrons. The van der Waals surface area contributed by atoms with Crippen molar-refractivity contribution in [2.45, 2.75) is 35.2 Å². The van der Waals surface area contributed by atoms with Crippen LogP contribution in [0.4, 0.5) is 22.8 Å². The Morgan fingerprint density at radius 2 is 1.88 bits per heavy atom. The zero-order valence-corrected chi connectivity index (χ0v) is 17.9. The summed E-state index contributed by atoms with van der Waals surface area (Å²) in [5.74, 6) is 0.285. The molecule has 1 aromatic rings. The molecular formula is C20H23F3N4O4S. The molecule has 3 saturated heterocycles. The van der Waals surface area contributed by atoms with Crippen LogP contribution in [0.2, 0.25) is 0 Å². The number of hydrogen-bond donors (Lipinski definition) is 2. The summed E-state index contributed by atoms with van der Waals surface area (Å²) >= 11 is 0. The summed E-state index contributed by atoms with van der Waals surface area (Å²) in [5.41, 5.74) is -4.83. The molecular weight excluding hydrogens is 449 g/mol. The SMILES string of the molecule is N=S(=O)(c1cccc(CC2CC3(C2)CN(C(=O)N2CC4(COC(=O)N4)C2)C3)c1)C(F)(F)F. The van der Waals surface area contributed by atoms with E-state index in [0.717, 1.165) is 18.9 Å². The van der Waals surface area contributed by atoms with Gasteiger partial charge >= 0.3 is 17.6 Å². The lowest BCUT2D eigenvalue weighted by atomic mass is 9.56. The third kappa shape index (κ3) is 3.39. The average Bonchev–Trinajstić information content (AvgIpc) is 3.02. The highest BCUT2D eigenvalue weighted by molar-refractivity contribution is 7.93. The molecule has 5 rings (SSSR count). The van der Waals surface area contributed by atoms with Gasteiger partial charge in [0.25, 0.3) is 0 Å². The number of hydrogen-bond acceptors (Lipinski definition) is 5. The second kappa shape index (κ2) is 6.75. The van der Waals surface area contributed by atoms with E-state index in [4.69, 9.17) is 9.52 Å². The molecule has 4 aliphatic rings. The fourth-order valence-electron chi connectivity index (χ4n) is 5.47. The molecule has 2 N–H and O–H groups in total. The number of carbonyl (C=O) groups is 2. The van der Waals surface area contributed by atoms with E-state index >= 15 is 0 Å². The summed E-state index contributed by atoms with van der Waals surface area (Å²) in [6.45, 7) is 2.47. The predicted molar refractivity (Wildman–Crippen MR) is 106 cm³/mol. The number of alkyl halides is 3. The summed E-state index contributed by atoms with van der Waals surface area (Å²) in [7, 11) is -4.85. The Kier molecular flexibility index (Phi) is 4.50. The van der Waals surface area contributed by atoms with Gasteiger partial charge in [-0.05, 0) is 42.9 Å². The van der Waals surface area contributed by atoms with Crippen LogP contribution in [0.15, 0.2) is 29.2 Å². The van der Waals surface area contributed by atoms with Crippen molar-refractivity contribution in [1.82, 2.24) is 15.1 Å². The van der Waals surface area contributed by atoms with E-state index in [1.54, 1.807) is 15.9 Å². The number of nitrogens with zero attached hydrogens (tertiary/aromatic N) is 2. The lowest BCUT2D eigenvalue weighted by Crippen LogP contribution is -2.74. The van der Waals surface area contributed by atoms with Crippen molar-refractivity contribution in [2.75, 3.05) is 32.8 Å². The van der Waals surface area contributed by atoms with Crippen LogP contribution in [0.25, 0.3) is 0 Å². The van der Waals surface area contributed by atoms with E-state index in [1.165, 1.54) is 12.1 Å². The lowest BCUT2D eigenvalue weighted by Gasteiger charge is -2.61. The molecule has 0 radical (unpaired) electrons. The first-order valence-corrected chi connectivity index (χ1v) is 11.9. The third-order valence-electron chi connectivity index (χ3n) is 6.95. The molecule has 12 heteroatoms. The molecule has 1 aliphatic carbocycles. The Balaban J connectivity index is 1.11. The van der Waals surface area contributed by atoms with E-state index < -0.39 is 31.8 Å². The maximum absolute atomic E-state index is 12.9. The van der Waals surface area contributed by atoms with E-state index in [0.29, 0.717) is 38.2 Å². The number of urea groups is 1. The van der Waals surface area contributed by atoms with Gasteiger partial charge in [-0.25, -0.2) is 18.6 Å². The van der Waals surface area contributed by atoms with Crippen molar-refractivity contribution in [2.24, 2.45) is 11.3 Å². The Hall–Kier alpha value is -2.50. The Bertz CT molecular complexity index is 1070. The normalized spacial score (nSPS) is 25.4. The van der Waals surface area contributed by atoms with Gasteiger partial charge in [-0.3, -0.25) is 0 Å². The van der Waals surface area contributed by atoms with Gasteiger partial charge in [0.1, 0.15) is 12.1 Å². The molecule has 0 aromatic heterocycles. The fraction of sp³-hybridized carbons (Fsp3) is 0.600. The highest BCUT2D eigenvalue weighted by Gasteiger charge is 2.57. The number of halogens is 3. The van der Waals surface area contributed by atoms with Crippen molar-refractivity contribution in [3.63, 3.8) is 0 Å². The standard InChI is InChI=1S/C20H23F3N4O4S/c21-20(22,23)32(24,30)15-3-1-2-13(5-15)4-14-6-18(7-14)8-26(9-18)17(29)27-10-19(11-27)12-31-16(28)25-19/h1-3,5,14,24H,4,6-12H2,(H,25,28). The first-order chi connectivity index (χ1) is 14.9. The number of carbonyl (C=O) groups excluding carboxylic acids is 2. The van der Waals surface area contributed by atoms with Crippen LogP contribution in [-0.2, 0) is 20.9 Å². The van der Waals surface area contributed by atoms with E-state index in [9.17, 15) is 27.0 Å². The van der Waals surface area contributed by atoms with Gasteiger partial charge in [0.15, 0.2) is 9.73 Å². The van der Waals surface area contributed by atoms with Gasteiger partial charge < -0.3 is 19.9 Å². The molecule has 2 spiro atoms. The van der Waals surface area contributed by atoms with Gasteiger partial charge in [0, 0.05) is 18.5 Å². The molecule has 1 unspecified atom stereocenters. The molecule has 1 saturated carbocycles. The van der Waals surface area contributed by atoms with Crippen LogP contribution in [0.3, 0.4) is 0 Å². The lowest BCUT2D eigenvalue weighted by molar-refractivity contribution is -0.0827. The second-order valence-electron chi connectivity index (χ2n) is 9.60. The van der Waals surface area contributed by atoms with Gasteiger partial charge in [0.05, 0.1) is 18.0 Å². The Labute approximate surface area is 183 Å². The molecule has 0 bridgehead atoms. The number of benzene rings is 1. The van der Waals surface area contributed by atoms with Gasteiger partial charge in [0.2, 0.25) is 0 Å². The minimum Gasteiger partial charge on any atom is -0.447 e. The van der Waals surface area contributed by atoms with Crippen molar-refractivity contribution < 1.29 is 31.7 Å². The monoisotopic (exact) mass is 472 g/mol. The largest absolute Gasteiger partial charge is 0.483 e. The van der Waals surface area contributed by atoms with E-state index in [2.05, 4.69) is 5.32 Å². The van der Waals surface area contributed by atoms with Crippen LogP contribution in [-0.4, -0.2) is 70.0 Å². The molecule has 3 aliphatic heterocycles. The molecule has 8 nitrogen and oxygen atoms in total. The molecule has 4 fully saturated rings. The van der Waals surface area contributed by atoms with Crippen molar-refractivity contribution in [3.05, 3.63) is 29.8 Å². The predicted octanol–water partition coefficient (Wildman–Crippen LogP) is 2.78. The van der Waals surface area contributed by atoms with Crippen LogP contribution in [0.5, 0.6) is 0 Å². The number of alkyl carbamates (subject to hydrolysis) is 1. The zero-order valence-electron chi connectivity index (χ0n) is 17.1. The average molecular weight is 472 g/mol. The summed E-state index contributed by atoms with van der Waals surface area (Å²) in [4.78, 5) is 26.8. The molecule has 3 heterocycles. The third-order valence-corrected chi connectivity index (χ3v) is 8.52. The number of cyclic esters (lactones) is 1.